The summed E-state index contributed by atoms with van der Waals surface area (Å²) in [6.07, 6.45) is 1.71. The number of amides is 1. The van der Waals surface area contributed by atoms with Crippen LogP contribution >= 0.6 is 0 Å². The summed E-state index contributed by atoms with van der Waals surface area (Å²) in [6.45, 7) is 6.63. The van der Waals surface area contributed by atoms with Crippen LogP contribution in [0.1, 0.15) is 61.9 Å². The summed E-state index contributed by atoms with van der Waals surface area (Å²) in [6, 6.07) is 20.4. The monoisotopic (exact) mass is 565 g/mol. The van der Waals surface area contributed by atoms with Crippen LogP contribution in [-0.4, -0.2) is 34.6 Å². The maximum Gasteiger partial charge on any atom is 0.241 e. The largest absolute Gasteiger partial charge is 0.497 e. The number of sulfonamides is 1. The molecule has 8 nitrogen and oxygen atoms in total. The van der Waals surface area contributed by atoms with Crippen LogP contribution in [0, 0.1) is 5.92 Å². The molecule has 0 radical (unpaired) electrons. The van der Waals surface area contributed by atoms with Crippen LogP contribution in [-0.2, 0) is 21.4 Å². The van der Waals surface area contributed by atoms with E-state index in [2.05, 4.69) is 35.3 Å². The molecular weight excluding hydrogens is 526 g/mol. The van der Waals surface area contributed by atoms with Crippen molar-refractivity contribution in [3.8, 4) is 11.5 Å². The molecule has 2 atom stereocenters. The second kappa shape index (κ2) is 13.8. The van der Waals surface area contributed by atoms with Crippen LogP contribution in [0.5, 0.6) is 11.5 Å². The van der Waals surface area contributed by atoms with E-state index in [0.29, 0.717) is 30.3 Å². The topological polar surface area (TPSA) is 106 Å². The van der Waals surface area contributed by atoms with Crippen molar-refractivity contribution in [2.45, 2.75) is 56.6 Å². The van der Waals surface area contributed by atoms with Crippen LogP contribution in [0.4, 0.5) is 0 Å². The molecule has 9 heteroatoms. The Labute approximate surface area is 237 Å². The Morgan fingerprint density at radius 2 is 1.80 bits per heavy atom. The minimum absolute atomic E-state index is 0.0516. The van der Waals surface area contributed by atoms with Gasteiger partial charge in [0.1, 0.15) is 11.5 Å². The molecular formula is C31H39N3O5S. The maximum atomic E-state index is 13.3. The molecule has 1 heterocycles. The van der Waals surface area contributed by atoms with E-state index in [0.717, 1.165) is 36.4 Å². The normalized spacial score (nSPS) is 15.7. The molecule has 1 amide bonds. The number of fused-ring (bicyclic) bond motifs is 1. The van der Waals surface area contributed by atoms with E-state index in [-0.39, 0.29) is 23.3 Å². The Hall–Kier alpha value is -3.40. The molecule has 0 saturated carbocycles. The minimum Gasteiger partial charge on any atom is -0.497 e. The van der Waals surface area contributed by atoms with Gasteiger partial charge in [0.15, 0.2) is 0 Å². The lowest BCUT2D eigenvalue weighted by molar-refractivity contribution is -0.122. The highest BCUT2D eigenvalue weighted by atomic mass is 32.2. The van der Waals surface area contributed by atoms with Crippen molar-refractivity contribution in [3.05, 3.63) is 89.5 Å². The summed E-state index contributed by atoms with van der Waals surface area (Å²) in [5.41, 5.74) is 2.77. The van der Waals surface area contributed by atoms with Gasteiger partial charge in [-0.2, -0.15) is 0 Å². The first-order chi connectivity index (χ1) is 19.2. The van der Waals surface area contributed by atoms with Crippen molar-refractivity contribution in [1.29, 1.82) is 0 Å². The van der Waals surface area contributed by atoms with Gasteiger partial charge in [0.05, 0.1) is 30.7 Å². The van der Waals surface area contributed by atoms with Crippen molar-refractivity contribution in [1.82, 2.24) is 15.4 Å². The van der Waals surface area contributed by atoms with E-state index in [1.54, 1.807) is 12.1 Å². The molecule has 3 aromatic carbocycles. The summed E-state index contributed by atoms with van der Waals surface area (Å²) in [4.78, 5) is 13.4. The van der Waals surface area contributed by atoms with Gasteiger partial charge in [-0.3, -0.25) is 4.79 Å². The smallest absolute Gasteiger partial charge is 0.241 e. The number of nitrogens with one attached hydrogen (secondary N) is 3. The summed E-state index contributed by atoms with van der Waals surface area (Å²) in [5.74, 6) is 1.75. The van der Waals surface area contributed by atoms with Crippen molar-refractivity contribution >= 4 is 15.9 Å². The lowest BCUT2D eigenvalue weighted by Gasteiger charge is -2.28. The van der Waals surface area contributed by atoms with Crippen molar-refractivity contribution in [3.63, 3.8) is 0 Å². The Morgan fingerprint density at radius 3 is 2.50 bits per heavy atom. The standard InChI is InChI=1S/C31H39N3O5S/c1-22(2)15-17-32-21-23-9-14-27-28(16-18-39-30(27)19-23)33-31(35)20-29(24-7-5-4-6-8-24)34-40(36,37)26-12-10-25(38-3)11-13-26/h4-14,19,22,28-29,32,34H,15-18,20-21H2,1-3H3,(H,33,35). The van der Waals surface area contributed by atoms with Crippen LogP contribution in [0.3, 0.4) is 0 Å². The molecule has 0 saturated heterocycles. The van der Waals surface area contributed by atoms with E-state index in [9.17, 15) is 13.2 Å². The quantitative estimate of drug-likeness (QED) is 0.255. The first kappa shape index (κ1) is 29.6. The number of carbonyl (C=O) groups is 1. The number of benzene rings is 3. The fourth-order valence-electron chi connectivity index (χ4n) is 4.68. The number of hydrogen-bond acceptors (Lipinski definition) is 6. The third kappa shape index (κ3) is 8.06. The van der Waals surface area contributed by atoms with Gasteiger partial charge >= 0.3 is 0 Å². The highest BCUT2D eigenvalue weighted by Gasteiger charge is 2.27. The van der Waals surface area contributed by atoms with Gasteiger partial charge in [0.2, 0.25) is 15.9 Å². The first-order valence-electron chi connectivity index (χ1n) is 13.7. The number of hydrogen-bond donors (Lipinski definition) is 3. The van der Waals surface area contributed by atoms with E-state index < -0.39 is 16.1 Å². The third-order valence-corrected chi connectivity index (χ3v) is 8.43. The average Bonchev–Trinajstić information content (AvgIpc) is 2.95. The number of ether oxygens (including phenoxy) is 2. The fourth-order valence-corrected chi connectivity index (χ4v) is 5.90. The van der Waals surface area contributed by atoms with E-state index >= 15 is 0 Å². The van der Waals surface area contributed by atoms with Crippen molar-refractivity contribution < 1.29 is 22.7 Å². The Kier molecular flexibility index (Phi) is 10.2. The zero-order chi connectivity index (χ0) is 28.5. The van der Waals surface area contributed by atoms with Crippen molar-refractivity contribution in [2.75, 3.05) is 20.3 Å². The maximum absolute atomic E-state index is 13.3. The zero-order valence-corrected chi connectivity index (χ0v) is 24.2. The van der Waals surface area contributed by atoms with Crippen LogP contribution < -0.4 is 24.8 Å². The lowest BCUT2D eigenvalue weighted by atomic mass is 9.98. The van der Waals surface area contributed by atoms with E-state index in [4.69, 9.17) is 9.47 Å². The third-order valence-electron chi connectivity index (χ3n) is 6.94. The number of methoxy groups -OCH3 is 1. The lowest BCUT2D eigenvalue weighted by Crippen LogP contribution is -2.36. The Bertz CT molecular complexity index is 1360. The minimum atomic E-state index is -3.89. The second-order valence-corrected chi connectivity index (χ2v) is 12.2. The molecule has 3 aromatic rings. The van der Waals surface area contributed by atoms with Gasteiger partial charge in [-0.05, 0) is 60.3 Å². The summed E-state index contributed by atoms with van der Waals surface area (Å²) < 4.78 is 40.2. The van der Waals surface area contributed by atoms with Crippen molar-refractivity contribution in [2.24, 2.45) is 5.92 Å². The second-order valence-electron chi connectivity index (χ2n) is 10.5. The fraction of sp³-hybridized carbons (Fsp3) is 0.387. The summed E-state index contributed by atoms with van der Waals surface area (Å²) in [5, 5.41) is 6.58. The highest BCUT2D eigenvalue weighted by Crippen LogP contribution is 2.33. The molecule has 0 aliphatic carbocycles. The SMILES string of the molecule is COc1ccc(S(=O)(=O)NC(CC(=O)NC2CCOc3cc(CNCCC(C)C)ccc32)c2ccccc2)cc1. The summed E-state index contributed by atoms with van der Waals surface area (Å²) >= 11 is 0. The molecule has 0 spiro atoms. The number of rotatable bonds is 13. The molecule has 1 aliphatic rings. The predicted molar refractivity (Wildman–Crippen MR) is 156 cm³/mol. The summed E-state index contributed by atoms with van der Waals surface area (Å²) in [7, 11) is -2.37. The Morgan fingerprint density at radius 1 is 1.05 bits per heavy atom. The van der Waals surface area contributed by atoms with Crippen LogP contribution in [0.25, 0.3) is 0 Å². The Balaban J connectivity index is 1.44. The number of carbonyl (C=O) groups excluding carboxylic acids is 1. The van der Waals surface area contributed by atoms with Crippen LogP contribution in [0.15, 0.2) is 77.7 Å². The molecule has 214 valence electrons. The van der Waals surface area contributed by atoms with Gasteiger partial charge < -0.3 is 20.1 Å². The first-order valence-corrected chi connectivity index (χ1v) is 15.2. The van der Waals surface area contributed by atoms with Gasteiger partial charge in [0, 0.05) is 24.9 Å². The van der Waals surface area contributed by atoms with Gasteiger partial charge in [-0.25, -0.2) is 13.1 Å². The average molecular weight is 566 g/mol. The van der Waals surface area contributed by atoms with E-state index in [1.165, 1.54) is 19.2 Å². The molecule has 2 unspecified atom stereocenters. The van der Waals surface area contributed by atoms with Gasteiger partial charge in [-0.1, -0.05) is 56.3 Å². The molecule has 0 aromatic heterocycles. The predicted octanol–water partition coefficient (Wildman–Crippen LogP) is 4.88. The molecule has 40 heavy (non-hydrogen) atoms. The zero-order valence-electron chi connectivity index (χ0n) is 23.4. The molecule has 1 aliphatic heterocycles. The van der Waals surface area contributed by atoms with Gasteiger partial charge in [-0.15, -0.1) is 0 Å². The molecule has 0 fully saturated rings. The highest BCUT2D eigenvalue weighted by molar-refractivity contribution is 7.89. The van der Waals surface area contributed by atoms with E-state index in [1.807, 2.05) is 42.5 Å². The van der Waals surface area contributed by atoms with Gasteiger partial charge in [0.25, 0.3) is 0 Å². The molecule has 0 bridgehead atoms. The molecule has 4 rings (SSSR count). The molecule has 3 N–H and O–H groups in total. The van der Waals surface area contributed by atoms with Crippen LogP contribution in [0.2, 0.25) is 0 Å².